The van der Waals surface area contributed by atoms with Crippen LogP contribution in [0.25, 0.3) is 11.0 Å². The number of halogens is 1. The van der Waals surface area contributed by atoms with Crippen molar-refractivity contribution in [3.05, 3.63) is 23.5 Å². The molecule has 0 saturated heterocycles. The molecule has 0 spiro atoms. The van der Waals surface area contributed by atoms with Gasteiger partial charge in [0, 0.05) is 0 Å². The second kappa shape index (κ2) is 3.03. The third-order valence-corrected chi connectivity index (χ3v) is 2.51. The molecular formula is C9H9FN2S. The Morgan fingerprint density at radius 1 is 1.46 bits per heavy atom. The molecule has 4 heteroatoms. The van der Waals surface area contributed by atoms with Gasteiger partial charge >= 0.3 is 0 Å². The minimum absolute atomic E-state index is 0.191. The van der Waals surface area contributed by atoms with Crippen LogP contribution in [0.2, 0.25) is 0 Å². The lowest BCUT2D eigenvalue weighted by Gasteiger charge is -1.93. The summed E-state index contributed by atoms with van der Waals surface area (Å²) in [6, 6.07) is 3.23. The fraction of sp³-hybridized carbons (Fsp3) is 0.222. The first-order valence-corrected chi connectivity index (χ1v) is 5.13. The first-order valence-electron chi connectivity index (χ1n) is 3.90. The number of aromatic amines is 1. The largest absolute Gasteiger partial charge is 0.333 e. The summed E-state index contributed by atoms with van der Waals surface area (Å²) in [5.41, 5.74) is 2.21. The molecule has 1 aromatic heterocycles. The number of H-pyrrole nitrogens is 1. The Hall–Kier alpha value is -1.03. The lowest BCUT2D eigenvalue weighted by atomic mass is 10.2. The van der Waals surface area contributed by atoms with Crippen LogP contribution in [0, 0.1) is 12.7 Å². The zero-order chi connectivity index (χ0) is 9.42. The average molecular weight is 196 g/mol. The minimum atomic E-state index is -0.191. The van der Waals surface area contributed by atoms with Crippen molar-refractivity contribution in [2.45, 2.75) is 12.1 Å². The zero-order valence-electron chi connectivity index (χ0n) is 7.39. The first-order chi connectivity index (χ1) is 6.20. The van der Waals surface area contributed by atoms with Crippen molar-refractivity contribution in [3.8, 4) is 0 Å². The topological polar surface area (TPSA) is 28.7 Å². The number of nitrogens with one attached hydrogen (secondary N) is 1. The van der Waals surface area contributed by atoms with Crippen molar-refractivity contribution in [1.29, 1.82) is 0 Å². The van der Waals surface area contributed by atoms with Gasteiger partial charge in [-0.3, -0.25) is 0 Å². The highest BCUT2D eigenvalue weighted by Gasteiger charge is 2.04. The maximum Gasteiger partial charge on any atom is 0.166 e. The fourth-order valence-corrected chi connectivity index (χ4v) is 1.61. The third kappa shape index (κ3) is 1.42. The van der Waals surface area contributed by atoms with Gasteiger partial charge in [-0.25, -0.2) is 9.37 Å². The van der Waals surface area contributed by atoms with Crippen molar-refractivity contribution in [2.24, 2.45) is 0 Å². The van der Waals surface area contributed by atoms with Gasteiger partial charge in [0.05, 0.1) is 11.0 Å². The molecule has 0 bridgehead atoms. The quantitative estimate of drug-likeness (QED) is 0.710. The number of imidazole rings is 1. The number of benzene rings is 1. The lowest BCUT2D eigenvalue weighted by molar-refractivity contribution is 0.620. The van der Waals surface area contributed by atoms with Gasteiger partial charge in [0.15, 0.2) is 5.16 Å². The van der Waals surface area contributed by atoms with Crippen LogP contribution < -0.4 is 0 Å². The Kier molecular flexibility index (Phi) is 2.00. The van der Waals surface area contributed by atoms with E-state index in [0.29, 0.717) is 5.56 Å². The summed E-state index contributed by atoms with van der Waals surface area (Å²) in [5.74, 6) is -0.191. The zero-order valence-corrected chi connectivity index (χ0v) is 8.20. The average Bonchev–Trinajstić information content (AvgIpc) is 2.48. The molecule has 0 saturated carbocycles. The maximum absolute atomic E-state index is 13.1. The highest BCUT2D eigenvalue weighted by molar-refractivity contribution is 7.98. The molecule has 0 aliphatic carbocycles. The molecular weight excluding hydrogens is 187 g/mol. The summed E-state index contributed by atoms with van der Waals surface area (Å²) in [4.78, 5) is 7.30. The molecule has 2 aromatic rings. The van der Waals surface area contributed by atoms with Gasteiger partial charge in [0.25, 0.3) is 0 Å². The summed E-state index contributed by atoms with van der Waals surface area (Å²) in [5, 5.41) is 0.819. The van der Waals surface area contributed by atoms with E-state index >= 15 is 0 Å². The molecule has 0 amide bonds. The van der Waals surface area contributed by atoms with E-state index in [1.54, 1.807) is 13.0 Å². The molecule has 2 nitrogen and oxygen atoms in total. The molecule has 2 rings (SSSR count). The second-order valence-electron chi connectivity index (χ2n) is 2.86. The monoisotopic (exact) mass is 196 g/mol. The van der Waals surface area contributed by atoms with E-state index in [0.717, 1.165) is 16.2 Å². The maximum atomic E-state index is 13.1. The number of nitrogens with zero attached hydrogens (tertiary/aromatic N) is 1. The smallest absolute Gasteiger partial charge is 0.166 e. The van der Waals surface area contributed by atoms with E-state index < -0.39 is 0 Å². The van der Waals surface area contributed by atoms with Gasteiger partial charge in [-0.2, -0.15) is 0 Å². The minimum Gasteiger partial charge on any atom is -0.333 e. The number of fused-ring (bicyclic) bond motifs is 1. The summed E-state index contributed by atoms with van der Waals surface area (Å²) < 4.78 is 13.1. The Morgan fingerprint density at radius 2 is 2.23 bits per heavy atom. The van der Waals surface area contributed by atoms with Crippen molar-refractivity contribution < 1.29 is 4.39 Å². The van der Waals surface area contributed by atoms with E-state index in [1.807, 2.05) is 6.26 Å². The number of thioether (sulfide) groups is 1. The summed E-state index contributed by atoms with van der Waals surface area (Å²) >= 11 is 1.52. The first kappa shape index (κ1) is 8.56. The van der Waals surface area contributed by atoms with Crippen LogP contribution in [-0.2, 0) is 0 Å². The van der Waals surface area contributed by atoms with Gasteiger partial charge in [0.2, 0.25) is 0 Å². The van der Waals surface area contributed by atoms with Crippen LogP contribution in [0.4, 0.5) is 4.39 Å². The SMILES string of the molecule is CSc1nc2cc(C)c(F)cc2[nH]1. The van der Waals surface area contributed by atoms with Gasteiger partial charge in [0.1, 0.15) is 5.82 Å². The molecule has 1 aromatic carbocycles. The summed E-state index contributed by atoms with van der Waals surface area (Å²) in [6.45, 7) is 1.74. The van der Waals surface area contributed by atoms with E-state index in [-0.39, 0.29) is 5.82 Å². The molecule has 68 valence electrons. The van der Waals surface area contributed by atoms with Crippen LogP contribution in [-0.4, -0.2) is 16.2 Å². The van der Waals surface area contributed by atoms with Crippen LogP contribution in [0.5, 0.6) is 0 Å². The number of hydrogen-bond donors (Lipinski definition) is 1. The van der Waals surface area contributed by atoms with Crippen LogP contribution in [0.1, 0.15) is 5.56 Å². The molecule has 0 aliphatic rings. The van der Waals surface area contributed by atoms with Gasteiger partial charge in [-0.05, 0) is 30.9 Å². The Bertz CT molecular complexity index is 411. The molecule has 0 unspecified atom stereocenters. The normalized spacial score (nSPS) is 11.0. The molecule has 0 atom stereocenters. The Morgan fingerprint density at radius 3 is 2.92 bits per heavy atom. The molecule has 0 aliphatic heterocycles. The van der Waals surface area contributed by atoms with E-state index in [2.05, 4.69) is 9.97 Å². The molecule has 0 radical (unpaired) electrons. The van der Waals surface area contributed by atoms with Crippen LogP contribution in [0.3, 0.4) is 0 Å². The lowest BCUT2D eigenvalue weighted by Crippen LogP contribution is -1.81. The van der Waals surface area contributed by atoms with Crippen LogP contribution in [0.15, 0.2) is 17.3 Å². The fourth-order valence-electron chi connectivity index (χ4n) is 1.21. The van der Waals surface area contributed by atoms with Crippen molar-refractivity contribution in [2.75, 3.05) is 6.26 Å². The molecule has 1 N–H and O–H groups in total. The predicted octanol–water partition coefficient (Wildman–Crippen LogP) is 2.73. The number of aryl methyl sites for hydroxylation is 1. The van der Waals surface area contributed by atoms with E-state index in [9.17, 15) is 4.39 Å². The number of rotatable bonds is 1. The van der Waals surface area contributed by atoms with Crippen LogP contribution >= 0.6 is 11.8 Å². The van der Waals surface area contributed by atoms with E-state index in [4.69, 9.17) is 0 Å². The van der Waals surface area contributed by atoms with Gasteiger partial charge in [-0.15, -0.1) is 0 Å². The summed E-state index contributed by atoms with van der Waals surface area (Å²) in [7, 11) is 0. The molecule has 0 fully saturated rings. The Labute approximate surface area is 79.6 Å². The summed E-state index contributed by atoms with van der Waals surface area (Å²) in [6.07, 6.45) is 1.93. The third-order valence-electron chi connectivity index (χ3n) is 1.93. The number of hydrogen-bond acceptors (Lipinski definition) is 2. The molecule has 1 heterocycles. The Balaban J connectivity index is 2.70. The highest BCUT2D eigenvalue weighted by atomic mass is 32.2. The predicted molar refractivity (Wildman–Crippen MR) is 52.6 cm³/mol. The standard InChI is InChI=1S/C9H9FN2S/c1-5-3-7-8(4-6(5)10)12-9(11-7)13-2/h3-4H,1-2H3,(H,11,12). The van der Waals surface area contributed by atoms with E-state index in [1.165, 1.54) is 17.8 Å². The number of aromatic nitrogens is 2. The highest BCUT2D eigenvalue weighted by Crippen LogP contribution is 2.20. The second-order valence-corrected chi connectivity index (χ2v) is 3.66. The van der Waals surface area contributed by atoms with Crippen molar-refractivity contribution in [1.82, 2.24) is 9.97 Å². The van der Waals surface area contributed by atoms with Crippen molar-refractivity contribution in [3.63, 3.8) is 0 Å². The van der Waals surface area contributed by atoms with Gasteiger partial charge < -0.3 is 4.98 Å². The molecule has 13 heavy (non-hydrogen) atoms. The van der Waals surface area contributed by atoms with Gasteiger partial charge in [-0.1, -0.05) is 11.8 Å². The van der Waals surface area contributed by atoms with Crippen molar-refractivity contribution >= 4 is 22.8 Å².